The molecule has 1 amide bonds. The van der Waals surface area contributed by atoms with Gasteiger partial charge in [-0.15, -0.1) is 11.3 Å². The van der Waals surface area contributed by atoms with E-state index < -0.39 is 0 Å². The average molecular weight is 536 g/mol. The van der Waals surface area contributed by atoms with Crippen molar-refractivity contribution in [1.82, 2.24) is 5.32 Å². The van der Waals surface area contributed by atoms with Crippen molar-refractivity contribution in [2.75, 3.05) is 13.7 Å². The lowest BCUT2D eigenvalue weighted by atomic mass is 9.85. The van der Waals surface area contributed by atoms with Gasteiger partial charge in [-0.3, -0.25) is 9.59 Å². The summed E-state index contributed by atoms with van der Waals surface area (Å²) in [7, 11) is 1.34. The molecule has 1 atom stereocenters. The Kier molecular flexibility index (Phi) is 10.1. The summed E-state index contributed by atoms with van der Waals surface area (Å²) >= 11 is 1.44. The van der Waals surface area contributed by atoms with Crippen LogP contribution in [0.5, 0.6) is 5.75 Å². The van der Waals surface area contributed by atoms with Gasteiger partial charge in [0.25, 0.3) is 5.91 Å². The molecule has 0 saturated heterocycles. The Bertz CT molecular complexity index is 1210. The summed E-state index contributed by atoms with van der Waals surface area (Å²) in [6.07, 6.45) is 2.98. The van der Waals surface area contributed by atoms with E-state index in [9.17, 15) is 9.59 Å². The smallest absolute Gasteiger partial charge is 0.307 e. The summed E-state index contributed by atoms with van der Waals surface area (Å²) in [5.41, 5.74) is 6.25. The predicted molar refractivity (Wildman–Crippen MR) is 156 cm³/mol. The molecule has 0 spiro atoms. The van der Waals surface area contributed by atoms with Crippen LogP contribution in [0.2, 0.25) is 0 Å². The summed E-state index contributed by atoms with van der Waals surface area (Å²) in [4.78, 5) is 25.5. The van der Waals surface area contributed by atoms with E-state index in [4.69, 9.17) is 4.74 Å². The number of hydrogen-bond acceptors (Lipinski definition) is 5. The van der Waals surface area contributed by atoms with E-state index in [2.05, 4.69) is 88.0 Å². The number of rotatable bonds is 11. The molecule has 3 aromatic rings. The number of unbranched alkanes of at least 4 members (excludes halogenated alkanes) is 1. The Morgan fingerprint density at radius 3 is 2.24 bits per heavy atom. The van der Waals surface area contributed by atoms with Crippen LogP contribution in [-0.2, 0) is 14.9 Å². The fourth-order valence-electron chi connectivity index (χ4n) is 4.51. The lowest BCUT2D eigenvalue weighted by molar-refractivity contribution is -0.140. The Morgan fingerprint density at radius 1 is 1.00 bits per heavy atom. The molecule has 2 aromatic carbocycles. The number of carbonyl (C=O) groups is 2. The number of benzene rings is 2. The monoisotopic (exact) mass is 535 g/mol. The van der Waals surface area contributed by atoms with Crippen molar-refractivity contribution >= 4 is 23.2 Å². The number of thiophene rings is 1. The maximum absolute atomic E-state index is 12.6. The standard InChI is InChI=1S/C32H41NO4S/c1-8-9-10-26(27-15-16-28(38-27)31(35)33-18-17-29(34)36-7)37-25-19-21(2)30(22(3)20-25)23-11-13-24(14-12-23)32(4,5)6/h11-16,19-20,26H,8-10,17-18H2,1-7H3,(H,33,35). The number of carbonyl (C=O) groups excluding carboxylic acids is 2. The van der Waals surface area contributed by atoms with E-state index in [1.54, 1.807) is 0 Å². The number of aryl methyl sites for hydroxylation is 2. The van der Waals surface area contributed by atoms with Gasteiger partial charge in [-0.05, 0) is 84.2 Å². The average Bonchev–Trinajstić information content (AvgIpc) is 3.36. The molecule has 38 heavy (non-hydrogen) atoms. The van der Waals surface area contributed by atoms with E-state index in [-0.39, 0.29) is 36.4 Å². The molecule has 0 radical (unpaired) electrons. The van der Waals surface area contributed by atoms with Gasteiger partial charge in [0.1, 0.15) is 11.9 Å². The molecule has 1 aromatic heterocycles. The van der Waals surface area contributed by atoms with Crippen molar-refractivity contribution in [2.24, 2.45) is 0 Å². The minimum Gasteiger partial charge on any atom is -0.485 e. The van der Waals surface area contributed by atoms with Crippen molar-refractivity contribution in [3.8, 4) is 16.9 Å². The first kappa shape index (κ1) is 29.4. The highest BCUT2D eigenvalue weighted by Gasteiger charge is 2.20. The minimum absolute atomic E-state index is 0.124. The summed E-state index contributed by atoms with van der Waals surface area (Å²) < 4.78 is 11.2. The highest BCUT2D eigenvalue weighted by Crippen LogP contribution is 2.36. The summed E-state index contributed by atoms with van der Waals surface area (Å²) in [6, 6.07) is 16.9. The lowest BCUT2D eigenvalue weighted by Gasteiger charge is -2.21. The zero-order chi connectivity index (χ0) is 27.9. The molecule has 204 valence electrons. The van der Waals surface area contributed by atoms with Crippen LogP contribution in [0.1, 0.15) is 90.7 Å². The maximum Gasteiger partial charge on any atom is 0.307 e. The predicted octanol–water partition coefficient (Wildman–Crippen LogP) is 7.93. The first-order chi connectivity index (χ1) is 18.0. The van der Waals surface area contributed by atoms with E-state index in [0.29, 0.717) is 4.88 Å². The van der Waals surface area contributed by atoms with Gasteiger partial charge in [0.05, 0.1) is 18.4 Å². The Morgan fingerprint density at radius 2 is 1.66 bits per heavy atom. The van der Waals surface area contributed by atoms with Gasteiger partial charge < -0.3 is 14.8 Å². The zero-order valence-corrected chi connectivity index (χ0v) is 24.6. The molecule has 1 heterocycles. The quantitative estimate of drug-likeness (QED) is 0.253. The number of ether oxygens (including phenoxy) is 2. The number of hydrogen-bond donors (Lipinski definition) is 1. The minimum atomic E-state index is -0.344. The van der Waals surface area contributed by atoms with Gasteiger partial charge in [-0.1, -0.05) is 58.4 Å². The molecule has 6 heteroatoms. The van der Waals surface area contributed by atoms with Crippen molar-refractivity contribution in [3.05, 3.63) is 75.0 Å². The number of amides is 1. The Labute approximate surface area is 231 Å². The molecule has 3 rings (SSSR count). The molecule has 0 bridgehead atoms. The lowest BCUT2D eigenvalue weighted by Crippen LogP contribution is -2.25. The van der Waals surface area contributed by atoms with E-state index in [1.165, 1.54) is 46.3 Å². The molecule has 1 N–H and O–H groups in total. The van der Waals surface area contributed by atoms with Gasteiger partial charge in [0.15, 0.2) is 0 Å². The van der Waals surface area contributed by atoms with Gasteiger partial charge in [0, 0.05) is 11.4 Å². The fourth-order valence-corrected chi connectivity index (χ4v) is 5.50. The largest absolute Gasteiger partial charge is 0.485 e. The van der Waals surface area contributed by atoms with Crippen molar-refractivity contribution in [2.45, 2.75) is 78.7 Å². The van der Waals surface area contributed by atoms with Crippen molar-refractivity contribution < 1.29 is 19.1 Å². The number of esters is 1. The maximum atomic E-state index is 12.6. The van der Waals surface area contributed by atoms with Gasteiger partial charge in [0.2, 0.25) is 0 Å². The van der Waals surface area contributed by atoms with Crippen molar-refractivity contribution in [3.63, 3.8) is 0 Å². The normalized spacial score (nSPS) is 12.2. The van der Waals surface area contributed by atoms with Gasteiger partial charge in [-0.25, -0.2) is 0 Å². The molecule has 5 nitrogen and oxygen atoms in total. The molecule has 0 fully saturated rings. The van der Waals surface area contributed by atoms with Gasteiger partial charge >= 0.3 is 5.97 Å². The highest BCUT2D eigenvalue weighted by molar-refractivity contribution is 7.14. The Balaban J connectivity index is 1.78. The summed E-state index contributed by atoms with van der Waals surface area (Å²) in [5, 5.41) is 2.79. The van der Waals surface area contributed by atoms with Crippen LogP contribution < -0.4 is 10.1 Å². The van der Waals surface area contributed by atoms with Crippen molar-refractivity contribution in [1.29, 1.82) is 0 Å². The SMILES string of the molecule is CCCCC(Oc1cc(C)c(-c2ccc(C(C)(C)C)cc2)c(C)c1)c1ccc(C(=O)NCCC(=O)OC)s1. The molecule has 1 unspecified atom stereocenters. The van der Waals surface area contributed by atoms with Crippen LogP contribution in [0.4, 0.5) is 0 Å². The van der Waals surface area contributed by atoms with Crippen LogP contribution in [-0.4, -0.2) is 25.5 Å². The third-order valence-corrected chi connectivity index (χ3v) is 7.83. The number of nitrogens with one attached hydrogen (secondary N) is 1. The second-order valence-corrected chi connectivity index (χ2v) is 11.9. The molecular formula is C32H41NO4S. The topological polar surface area (TPSA) is 64.6 Å². The fraction of sp³-hybridized carbons (Fsp3) is 0.438. The van der Waals surface area contributed by atoms with Crippen LogP contribution in [0.15, 0.2) is 48.5 Å². The zero-order valence-electron chi connectivity index (χ0n) is 23.8. The summed E-state index contributed by atoms with van der Waals surface area (Å²) in [6.45, 7) is 13.4. The molecular weight excluding hydrogens is 494 g/mol. The molecule has 0 aliphatic rings. The third-order valence-electron chi connectivity index (χ3n) is 6.65. The van der Waals surface area contributed by atoms with Crippen LogP contribution >= 0.6 is 11.3 Å². The first-order valence-corrected chi connectivity index (χ1v) is 14.2. The molecule has 0 aliphatic carbocycles. The number of methoxy groups -OCH3 is 1. The second kappa shape index (κ2) is 13.1. The second-order valence-electron chi connectivity index (χ2n) is 10.8. The van der Waals surface area contributed by atoms with Gasteiger partial charge in [-0.2, -0.15) is 0 Å². The highest BCUT2D eigenvalue weighted by atomic mass is 32.1. The third kappa shape index (κ3) is 7.70. The molecule has 0 saturated carbocycles. The summed E-state index contributed by atoms with van der Waals surface area (Å²) in [5.74, 6) is 0.310. The van der Waals surface area contributed by atoms with Crippen LogP contribution in [0.25, 0.3) is 11.1 Å². The molecule has 0 aliphatic heterocycles. The van der Waals surface area contributed by atoms with Crippen LogP contribution in [0.3, 0.4) is 0 Å². The van der Waals surface area contributed by atoms with E-state index in [0.717, 1.165) is 29.9 Å². The van der Waals surface area contributed by atoms with Crippen LogP contribution in [0, 0.1) is 13.8 Å². The van der Waals surface area contributed by atoms with E-state index >= 15 is 0 Å². The van der Waals surface area contributed by atoms with E-state index in [1.807, 2.05) is 12.1 Å². The first-order valence-electron chi connectivity index (χ1n) is 13.4. The Hall–Kier alpha value is -3.12.